The zero-order chi connectivity index (χ0) is 14.3. The summed E-state index contributed by atoms with van der Waals surface area (Å²) in [7, 11) is 0. The van der Waals surface area contributed by atoms with Gasteiger partial charge in [-0.3, -0.25) is 4.79 Å². The number of esters is 1. The first-order valence-corrected chi connectivity index (χ1v) is 7.52. The topological polar surface area (TPSA) is 52.3 Å². The van der Waals surface area contributed by atoms with Crippen molar-refractivity contribution in [3.8, 4) is 0 Å². The van der Waals surface area contributed by atoms with E-state index < -0.39 is 12.0 Å². The molecule has 19 heavy (non-hydrogen) atoms. The Morgan fingerprint density at radius 1 is 1.58 bits per heavy atom. The van der Waals surface area contributed by atoms with Crippen LogP contribution in [0.4, 0.5) is 4.39 Å². The Morgan fingerprint density at radius 2 is 2.32 bits per heavy atom. The van der Waals surface area contributed by atoms with Gasteiger partial charge in [-0.25, -0.2) is 4.39 Å². The number of rotatable bonds is 7. The molecule has 0 aliphatic heterocycles. The molecule has 0 saturated heterocycles. The Hall–Kier alpha value is -0.780. The molecule has 1 aromatic carbocycles. The van der Waals surface area contributed by atoms with Gasteiger partial charge in [0.15, 0.2) is 0 Å². The van der Waals surface area contributed by atoms with E-state index in [9.17, 15) is 9.18 Å². The summed E-state index contributed by atoms with van der Waals surface area (Å²) in [5.74, 6) is 0.396. The van der Waals surface area contributed by atoms with Gasteiger partial charge in [-0.15, -0.1) is 0 Å². The van der Waals surface area contributed by atoms with Crippen LogP contribution in [-0.2, 0) is 15.3 Å². The second-order valence-electron chi connectivity index (χ2n) is 3.90. The lowest BCUT2D eigenvalue weighted by Gasteiger charge is -2.10. The molecular formula is C13H17ClFNO2S. The molecule has 0 bridgehead atoms. The lowest BCUT2D eigenvalue weighted by atomic mass is 10.2. The van der Waals surface area contributed by atoms with Crippen molar-refractivity contribution in [3.63, 3.8) is 0 Å². The standard InChI is InChI=1S/C13H17ClFNO2S/c1-2-18-13(17)12(16)6-7-19-8-9-10(14)4-3-5-11(9)15/h3-5,12H,2,6-8,16H2,1H3. The van der Waals surface area contributed by atoms with Gasteiger partial charge in [0, 0.05) is 16.3 Å². The smallest absolute Gasteiger partial charge is 0.322 e. The number of benzene rings is 1. The third-order valence-corrected chi connectivity index (χ3v) is 3.84. The second-order valence-corrected chi connectivity index (χ2v) is 5.41. The van der Waals surface area contributed by atoms with Crippen LogP contribution in [0.2, 0.25) is 5.02 Å². The van der Waals surface area contributed by atoms with Crippen LogP contribution in [0.1, 0.15) is 18.9 Å². The van der Waals surface area contributed by atoms with E-state index in [0.717, 1.165) is 0 Å². The molecule has 1 rings (SSSR count). The predicted molar refractivity (Wildman–Crippen MR) is 76.8 cm³/mol. The van der Waals surface area contributed by atoms with Gasteiger partial charge in [-0.05, 0) is 31.2 Å². The van der Waals surface area contributed by atoms with E-state index in [2.05, 4.69) is 0 Å². The van der Waals surface area contributed by atoms with E-state index in [-0.39, 0.29) is 5.82 Å². The summed E-state index contributed by atoms with van der Waals surface area (Å²) in [6.45, 7) is 2.06. The second kappa shape index (κ2) is 8.40. The van der Waals surface area contributed by atoms with Crippen LogP contribution in [-0.4, -0.2) is 24.4 Å². The lowest BCUT2D eigenvalue weighted by molar-refractivity contribution is -0.144. The minimum absolute atomic E-state index is 0.310. The summed E-state index contributed by atoms with van der Waals surface area (Å²) in [5.41, 5.74) is 6.14. The Bertz CT molecular complexity index is 411. The quantitative estimate of drug-likeness (QED) is 0.621. The van der Waals surface area contributed by atoms with E-state index in [1.54, 1.807) is 19.1 Å². The van der Waals surface area contributed by atoms with E-state index in [1.807, 2.05) is 0 Å². The predicted octanol–water partition coefficient (Wildman–Crippen LogP) is 2.99. The molecule has 0 aliphatic rings. The molecule has 1 aromatic rings. The number of halogens is 2. The first-order valence-electron chi connectivity index (χ1n) is 5.99. The average molecular weight is 306 g/mol. The SMILES string of the molecule is CCOC(=O)C(N)CCSCc1c(F)cccc1Cl. The number of hydrogen-bond donors (Lipinski definition) is 1. The van der Waals surface area contributed by atoms with Crippen molar-refractivity contribution in [2.75, 3.05) is 12.4 Å². The van der Waals surface area contributed by atoms with Gasteiger partial charge in [0.25, 0.3) is 0 Å². The molecule has 0 fully saturated rings. The highest BCUT2D eigenvalue weighted by Crippen LogP contribution is 2.24. The van der Waals surface area contributed by atoms with E-state index in [4.69, 9.17) is 22.1 Å². The van der Waals surface area contributed by atoms with Crippen LogP contribution in [0.3, 0.4) is 0 Å². The molecule has 3 nitrogen and oxygen atoms in total. The molecular weight excluding hydrogens is 289 g/mol. The number of carbonyl (C=O) groups excluding carboxylic acids is 1. The fraction of sp³-hybridized carbons (Fsp3) is 0.462. The fourth-order valence-corrected chi connectivity index (χ4v) is 2.79. The van der Waals surface area contributed by atoms with Gasteiger partial charge >= 0.3 is 5.97 Å². The number of ether oxygens (including phenoxy) is 1. The maximum absolute atomic E-state index is 13.5. The minimum atomic E-state index is -0.622. The maximum Gasteiger partial charge on any atom is 0.322 e. The van der Waals surface area contributed by atoms with Gasteiger partial charge < -0.3 is 10.5 Å². The molecule has 6 heteroatoms. The van der Waals surface area contributed by atoms with Crippen molar-refractivity contribution < 1.29 is 13.9 Å². The summed E-state index contributed by atoms with van der Waals surface area (Å²) in [6, 6.07) is 3.99. The van der Waals surface area contributed by atoms with Crippen molar-refractivity contribution in [1.82, 2.24) is 0 Å². The Labute approximate surface area is 121 Å². The molecule has 0 spiro atoms. The van der Waals surface area contributed by atoms with Gasteiger partial charge in [0.2, 0.25) is 0 Å². The minimum Gasteiger partial charge on any atom is -0.465 e. The van der Waals surface area contributed by atoms with Gasteiger partial charge in [-0.2, -0.15) is 11.8 Å². The number of hydrogen-bond acceptors (Lipinski definition) is 4. The molecule has 0 amide bonds. The largest absolute Gasteiger partial charge is 0.465 e. The van der Waals surface area contributed by atoms with Gasteiger partial charge in [-0.1, -0.05) is 17.7 Å². The number of carbonyl (C=O) groups is 1. The molecule has 0 radical (unpaired) electrons. The molecule has 106 valence electrons. The summed E-state index contributed by atoms with van der Waals surface area (Å²) >= 11 is 7.40. The van der Waals surface area contributed by atoms with Crippen molar-refractivity contribution >= 4 is 29.3 Å². The van der Waals surface area contributed by atoms with Crippen molar-refractivity contribution in [3.05, 3.63) is 34.6 Å². The first kappa shape index (κ1) is 16.3. The molecule has 0 heterocycles. The lowest BCUT2D eigenvalue weighted by Crippen LogP contribution is -2.32. The highest BCUT2D eigenvalue weighted by atomic mass is 35.5. The normalized spacial score (nSPS) is 12.2. The third kappa shape index (κ3) is 5.38. The van der Waals surface area contributed by atoms with Crippen LogP contribution in [0.15, 0.2) is 18.2 Å². The molecule has 2 N–H and O–H groups in total. The Kier molecular flexibility index (Phi) is 7.20. The average Bonchev–Trinajstić information content (AvgIpc) is 2.37. The van der Waals surface area contributed by atoms with E-state index >= 15 is 0 Å². The number of thioether (sulfide) groups is 1. The summed E-state index contributed by atoms with van der Waals surface area (Å²) in [5, 5.41) is 0.419. The zero-order valence-electron chi connectivity index (χ0n) is 10.7. The van der Waals surface area contributed by atoms with E-state index in [0.29, 0.717) is 35.1 Å². The molecule has 1 unspecified atom stereocenters. The van der Waals surface area contributed by atoms with Crippen molar-refractivity contribution in [2.24, 2.45) is 5.73 Å². The van der Waals surface area contributed by atoms with Crippen LogP contribution >= 0.6 is 23.4 Å². The molecule has 1 atom stereocenters. The maximum atomic E-state index is 13.5. The van der Waals surface area contributed by atoms with Crippen LogP contribution in [0.25, 0.3) is 0 Å². The Balaban J connectivity index is 2.33. The third-order valence-electron chi connectivity index (χ3n) is 2.47. The fourth-order valence-electron chi connectivity index (χ4n) is 1.42. The van der Waals surface area contributed by atoms with Gasteiger partial charge in [0.05, 0.1) is 6.61 Å². The number of nitrogens with two attached hydrogens (primary N) is 1. The summed E-state index contributed by atoms with van der Waals surface area (Å²) in [6.07, 6.45) is 0.496. The van der Waals surface area contributed by atoms with Gasteiger partial charge in [0.1, 0.15) is 11.9 Å². The highest BCUT2D eigenvalue weighted by Gasteiger charge is 2.14. The summed E-state index contributed by atoms with van der Waals surface area (Å²) in [4.78, 5) is 11.3. The highest BCUT2D eigenvalue weighted by molar-refractivity contribution is 7.98. The summed E-state index contributed by atoms with van der Waals surface area (Å²) < 4.78 is 18.3. The zero-order valence-corrected chi connectivity index (χ0v) is 12.3. The van der Waals surface area contributed by atoms with Crippen molar-refractivity contribution in [1.29, 1.82) is 0 Å². The molecule has 0 aromatic heterocycles. The Morgan fingerprint density at radius 3 is 2.95 bits per heavy atom. The van der Waals surface area contributed by atoms with Crippen LogP contribution < -0.4 is 5.73 Å². The molecule has 0 aliphatic carbocycles. The molecule has 0 saturated carbocycles. The van der Waals surface area contributed by atoms with Crippen molar-refractivity contribution in [2.45, 2.75) is 25.1 Å². The van der Waals surface area contributed by atoms with E-state index in [1.165, 1.54) is 17.8 Å². The monoisotopic (exact) mass is 305 g/mol. The van der Waals surface area contributed by atoms with Crippen LogP contribution in [0.5, 0.6) is 0 Å². The van der Waals surface area contributed by atoms with Crippen LogP contribution in [0, 0.1) is 5.82 Å². The first-order chi connectivity index (χ1) is 9.06.